The van der Waals surface area contributed by atoms with Crippen molar-refractivity contribution in [3.8, 4) is 0 Å². The predicted octanol–water partition coefficient (Wildman–Crippen LogP) is 2.34. The van der Waals surface area contributed by atoms with E-state index in [0.717, 1.165) is 35.3 Å². The lowest BCUT2D eigenvalue weighted by molar-refractivity contribution is 0.118. The molecule has 4 nitrogen and oxygen atoms in total. The first-order valence-corrected chi connectivity index (χ1v) is 7.04. The van der Waals surface area contributed by atoms with Gasteiger partial charge in [-0.15, -0.1) is 0 Å². The summed E-state index contributed by atoms with van der Waals surface area (Å²) in [7, 11) is 2.05. The number of aliphatic hydroxyl groups excluding tert-OH is 1. The van der Waals surface area contributed by atoms with Crippen molar-refractivity contribution in [2.45, 2.75) is 32.1 Å². The largest absolute Gasteiger partial charge is 0.392 e. The Hall–Kier alpha value is -1.65. The minimum atomic E-state index is 0.0284. The molecule has 3 rings (SSSR count). The molecule has 106 valence electrons. The van der Waals surface area contributed by atoms with Crippen molar-refractivity contribution >= 4 is 16.7 Å². The van der Waals surface area contributed by atoms with Crippen molar-refractivity contribution in [1.29, 1.82) is 0 Å². The van der Waals surface area contributed by atoms with Crippen LogP contribution in [-0.4, -0.2) is 35.9 Å². The average molecular weight is 272 g/mol. The number of para-hydroxylation sites is 1. The van der Waals surface area contributed by atoms with Gasteiger partial charge in [0.25, 0.3) is 0 Å². The first-order valence-electron chi connectivity index (χ1n) is 7.04. The highest BCUT2D eigenvalue weighted by Crippen LogP contribution is 2.27. The maximum Gasteiger partial charge on any atom is 0.129 e. The first-order chi connectivity index (χ1) is 9.70. The second kappa shape index (κ2) is 5.38. The fraction of sp³-hybridized carbons (Fsp3) is 0.438. The number of benzene rings is 1. The molecule has 0 bridgehead atoms. The number of nitrogens with zero attached hydrogens (tertiary/aromatic N) is 2. The monoisotopic (exact) mass is 272 g/mol. The SMILES string of the molecule is CC1OCCC1N(C)c1cc(CO)c2ccccc2n1. The van der Waals surface area contributed by atoms with Crippen LogP contribution in [0.25, 0.3) is 10.9 Å². The summed E-state index contributed by atoms with van der Waals surface area (Å²) in [6.45, 7) is 2.93. The molecular formula is C16H20N2O2. The van der Waals surface area contributed by atoms with E-state index in [1.54, 1.807) is 0 Å². The number of fused-ring (bicyclic) bond motifs is 1. The number of ether oxygens (including phenoxy) is 1. The molecule has 0 saturated carbocycles. The molecule has 0 amide bonds. The Morgan fingerprint density at radius 1 is 1.40 bits per heavy atom. The van der Waals surface area contributed by atoms with Crippen LogP contribution in [-0.2, 0) is 11.3 Å². The summed E-state index contributed by atoms with van der Waals surface area (Å²) in [4.78, 5) is 6.89. The van der Waals surface area contributed by atoms with E-state index in [-0.39, 0.29) is 12.7 Å². The van der Waals surface area contributed by atoms with Gasteiger partial charge in [-0.05, 0) is 31.0 Å². The second-order valence-corrected chi connectivity index (χ2v) is 5.36. The van der Waals surface area contributed by atoms with Crippen LogP contribution in [0.5, 0.6) is 0 Å². The number of hydrogen-bond donors (Lipinski definition) is 1. The van der Waals surface area contributed by atoms with Crippen molar-refractivity contribution in [2.75, 3.05) is 18.6 Å². The molecule has 1 aliphatic rings. The van der Waals surface area contributed by atoms with Gasteiger partial charge in [-0.3, -0.25) is 0 Å². The van der Waals surface area contributed by atoms with E-state index in [1.165, 1.54) is 0 Å². The highest BCUT2D eigenvalue weighted by atomic mass is 16.5. The molecule has 20 heavy (non-hydrogen) atoms. The Balaban J connectivity index is 2.03. The van der Waals surface area contributed by atoms with Crippen molar-refractivity contribution in [3.63, 3.8) is 0 Å². The van der Waals surface area contributed by atoms with E-state index in [1.807, 2.05) is 37.4 Å². The van der Waals surface area contributed by atoms with Gasteiger partial charge in [0.1, 0.15) is 5.82 Å². The lowest BCUT2D eigenvalue weighted by Crippen LogP contribution is -2.37. The molecule has 2 aromatic rings. The standard InChI is InChI=1S/C16H20N2O2/c1-11-15(7-8-20-11)18(2)16-9-12(10-19)13-5-3-4-6-14(13)17-16/h3-6,9,11,15,19H,7-8,10H2,1-2H3. The van der Waals surface area contributed by atoms with E-state index < -0.39 is 0 Å². The lowest BCUT2D eigenvalue weighted by Gasteiger charge is -2.28. The minimum Gasteiger partial charge on any atom is -0.392 e. The van der Waals surface area contributed by atoms with Gasteiger partial charge in [-0.2, -0.15) is 0 Å². The van der Waals surface area contributed by atoms with Gasteiger partial charge >= 0.3 is 0 Å². The van der Waals surface area contributed by atoms with Gasteiger partial charge in [-0.25, -0.2) is 4.98 Å². The smallest absolute Gasteiger partial charge is 0.129 e. The highest BCUT2D eigenvalue weighted by molar-refractivity contribution is 5.84. The summed E-state index contributed by atoms with van der Waals surface area (Å²) in [5.41, 5.74) is 1.84. The molecule has 0 aliphatic carbocycles. The lowest BCUT2D eigenvalue weighted by atomic mass is 10.1. The average Bonchev–Trinajstić information content (AvgIpc) is 2.91. The zero-order chi connectivity index (χ0) is 14.1. The third kappa shape index (κ3) is 2.25. The number of aromatic nitrogens is 1. The van der Waals surface area contributed by atoms with Crippen molar-refractivity contribution in [3.05, 3.63) is 35.9 Å². The van der Waals surface area contributed by atoms with Crippen LogP contribution in [0, 0.1) is 0 Å². The Morgan fingerprint density at radius 3 is 2.90 bits per heavy atom. The van der Waals surface area contributed by atoms with E-state index in [4.69, 9.17) is 9.72 Å². The van der Waals surface area contributed by atoms with Gasteiger partial charge in [0.2, 0.25) is 0 Å². The summed E-state index contributed by atoms with van der Waals surface area (Å²) in [5.74, 6) is 0.898. The number of hydrogen-bond acceptors (Lipinski definition) is 4. The summed E-state index contributed by atoms with van der Waals surface area (Å²) >= 11 is 0. The molecule has 4 heteroatoms. The van der Waals surface area contributed by atoms with Gasteiger partial charge in [0.15, 0.2) is 0 Å². The molecule has 1 fully saturated rings. The maximum absolute atomic E-state index is 9.59. The Labute approximate surface area is 119 Å². The van der Waals surface area contributed by atoms with E-state index in [9.17, 15) is 5.11 Å². The zero-order valence-electron chi connectivity index (χ0n) is 11.9. The molecule has 0 spiro atoms. The molecule has 1 N–H and O–H groups in total. The third-order valence-corrected chi connectivity index (χ3v) is 4.15. The molecule has 1 aromatic carbocycles. The van der Waals surface area contributed by atoms with Crippen LogP contribution in [0.2, 0.25) is 0 Å². The number of aliphatic hydroxyl groups is 1. The second-order valence-electron chi connectivity index (χ2n) is 5.36. The van der Waals surface area contributed by atoms with Gasteiger partial charge in [0.05, 0.1) is 24.3 Å². The van der Waals surface area contributed by atoms with Crippen molar-refractivity contribution < 1.29 is 9.84 Å². The van der Waals surface area contributed by atoms with Gasteiger partial charge in [0, 0.05) is 19.0 Å². The van der Waals surface area contributed by atoms with Crippen molar-refractivity contribution in [2.24, 2.45) is 0 Å². The number of likely N-dealkylation sites (N-methyl/N-ethyl adjacent to an activating group) is 1. The summed E-state index contributed by atoms with van der Waals surface area (Å²) in [6.07, 6.45) is 1.23. The number of anilines is 1. The van der Waals surface area contributed by atoms with Crippen LogP contribution >= 0.6 is 0 Å². The van der Waals surface area contributed by atoms with Crippen LogP contribution in [0.3, 0.4) is 0 Å². The van der Waals surface area contributed by atoms with E-state index in [0.29, 0.717) is 6.04 Å². The third-order valence-electron chi connectivity index (χ3n) is 4.15. The first kappa shape index (κ1) is 13.3. The maximum atomic E-state index is 9.59. The highest BCUT2D eigenvalue weighted by Gasteiger charge is 2.28. The Bertz CT molecular complexity index is 614. The van der Waals surface area contributed by atoms with Gasteiger partial charge in [-0.1, -0.05) is 18.2 Å². The summed E-state index contributed by atoms with van der Waals surface area (Å²) < 4.78 is 5.63. The van der Waals surface area contributed by atoms with E-state index in [2.05, 4.69) is 11.8 Å². The Kier molecular flexibility index (Phi) is 3.59. The van der Waals surface area contributed by atoms with Crippen LogP contribution in [0.4, 0.5) is 5.82 Å². The van der Waals surface area contributed by atoms with Gasteiger partial charge < -0.3 is 14.7 Å². The van der Waals surface area contributed by atoms with Crippen LogP contribution in [0.1, 0.15) is 18.9 Å². The fourth-order valence-corrected chi connectivity index (χ4v) is 2.94. The topological polar surface area (TPSA) is 45.6 Å². The van der Waals surface area contributed by atoms with E-state index >= 15 is 0 Å². The quantitative estimate of drug-likeness (QED) is 0.931. The molecule has 1 aliphatic heterocycles. The number of rotatable bonds is 3. The number of pyridine rings is 1. The fourth-order valence-electron chi connectivity index (χ4n) is 2.94. The molecule has 1 saturated heterocycles. The van der Waals surface area contributed by atoms with Crippen LogP contribution in [0.15, 0.2) is 30.3 Å². The summed E-state index contributed by atoms with van der Waals surface area (Å²) in [6, 6.07) is 10.3. The Morgan fingerprint density at radius 2 is 2.20 bits per heavy atom. The molecular weight excluding hydrogens is 252 g/mol. The molecule has 0 radical (unpaired) electrons. The molecule has 2 unspecified atom stereocenters. The molecule has 2 heterocycles. The summed E-state index contributed by atoms with van der Waals surface area (Å²) in [5, 5.41) is 10.6. The zero-order valence-corrected chi connectivity index (χ0v) is 11.9. The molecule has 1 aromatic heterocycles. The normalized spacial score (nSPS) is 22.4. The van der Waals surface area contributed by atoms with Crippen LogP contribution < -0.4 is 4.90 Å². The minimum absolute atomic E-state index is 0.0284. The predicted molar refractivity (Wildman–Crippen MR) is 79.9 cm³/mol. The molecule has 2 atom stereocenters. The van der Waals surface area contributed by atoms with Crippen molar-refractivity contribution in [1.82, 2.24) is 4.98 Å².